The molecule has 1 atom stereocenters. The predicted molar refractivity (Wildman–Crippen MR) is 141 cm³/mol. The fourth-order valence-electron chi connectivity index (χ4n) is 5.62. The smallest absolute Gasteiger partial charge is 0.195 e. The predicted octanol–water partition coefficient (Wildman–Crippen LogP) is 5.61. The van der Waals surface area contributed by atoms with Gasteiger partial charge in [0, 0.05) is 57.4 Å². The van der Waals surface area contributed by atoms with Crippen LogP contribution in [-0.4, -0.2) is 39.3 Å². The molecule has 0 amide bonds. The van der Waals surface area contributed by atoms with Crippen molar-refractivity contribution in [2.45, 2.75) is 56.8 Å². The van der Waals surface area contributed by atoms with Gasteiger partial charge in [-0.1, -0.05) is 29.8 Å². The second-order valence-electron chi connectivity index (χ2n) is 10.1. The van der Waals surface area contributed by atoms with Gasteiger partial charge < -0.3 is 9.30 Å². The van der Waals surface area contributed by atoms with E-state index in [1.807, 2.05) is 24.3 Å². The van der Waals surface area contributed by atoms with Crippen molar-refractivity contribution in [3.05, 3.63) is 70.0 Å². The summed E-state index contributed by atoms with van der Waals surface area (Å²) in [5.74, 6) is 4.56. The van der Waals surface area contributed by atoms with Gasteiger partial charge in [0.05, 0.1) is 23.0 Å². The van der Waals surface area contributed by atoms with Crippen molar-refractivity contribution in [1.82, 2.24) is 14.5 Å². The topological polar surface area (TPSA) is 55.0 Å². The van der Waals surface area contributed by atoms with Crippen LogP contribution in [0.3, 0.4) is 0 Å². The Morgan fingerprint density at radius 1 is 1.14 bits per heavy atom. The van der Waals surface area contributed by atoms with Crippen LogP contribution in [0.15, 0.2) is 52.7 Å². The summed E-state index contributed by atoms with van der Waals surface area (Å²) in [4.78, 5) is 7.59. The molecule has 3 aromatic rings. The molecule has 0 saturated heterocycles. The molecule has 6 nitrogen and oxygen atoms in total. The van der Waals surface area contributed by atoms with Crippen LogP contribution >= 0.6 is 11.6 Å². The third-order valence-corrected chi connectivity index (χ3v) is 8.16. The number of hydrogen-bond donors (Lipinski definition) is 0. The van der Waals surface area contributed by atoms with Gasteiger partial charge in [-0.25, -0.2) is 4.98 Å². The molecule has 1 aliphatic carbocycles. The molecule has 6 rings (SSSR count). The Labute approximate surface area is 217 Å². The van der Waals surface area contributed by atoms with Gasteiger partial charge in [0.25, 0.3) is 0 Å². The van der Waals surface area contributed by atoms with Gasteiger partial charge in [0.2, 0.25) is 0 Å². The van der Waals surface area contributed by atoms with Crippen LogP contribution in [0.2, 0.25) is 5.02 Å². The Bertz CT molecular complexity index is 1360. The second-order valence-corrected chi connectivity index (χ2v) is 10.5. The number of terminal acetylenes is 1. The first kappa shape index (κ1) is 23.3. The van der Waals surface area contributed by atoms with Crippen LogP contribution < -0.4 is 4.74 Å². The highest BCUT2D eigenvalue weighted by atomic mass is 35.5. The van der Waals surface area contributed by atoms with Crippen molar-refractivity contribution < 1.29 is 4.74 Å². The molecule has 3 heterocycles. The third-order valence-electron chi connectivity index (χ3n) is 7.83. The molecular formula is C29H30ClN5O. The standard InChI is InChI=1S/C29H30ClN5O/c1-3-4-12-29(32-33-29)13-15-36-23-10-9-20-16-22(17-21(20)18-23)35-14-11-26-27(19-35)34(2)28(31-26)24-7-5-6-8-25(24)30/h1,5-10,18,22H,4,11-17,19H2,2H3/t22-/m0/s1. The number of rotatable bonds is 8. The number of nitrogens with zero attached hydrogens (tertiary/aromatic N) is 5. The number of fused-ring (bicyclic) bond motifs is 2. The molecule has 0 saturated carbocycles. The van der Waals surface area contributed by atoms with E-state index in [0.717, 1.165) is 67.4 Å². The quantitative estimate of drug-likeness (QED) is 0.378. The maximum atomic E-state index is 6.48. The third kappa shape index (κ3) is 4.42. The van der Waals surface area contributed by atoms with E-state index in [9.17, 15) is 0 Å². The number of ether oxygens (including phenoxy) is 1. The summed E-state index contributed by atoms with van der Waals surface area (Å²) in [5.41, 5.74) is 6.02. The fraction of sp³-hybridized carbons (Fsp3) is 0.414. The molecular weight excluding hydrogens is 470 g/mol. The van der Waals surface area contributed by atoms with E-state index in [1.54, 1.807) is 0 Å². The summed E-state index contributed by atoms with van der Waals surface area (Å²) in [6.07, 6.45) is 10.8. The van der Waals surface area contributed by atoms with Crippen molar-refractivity contribution in [2.75, 3.05) is 13.2 Å². The van der Waals surface area contributed by atoms with Crippen molar-refractivity contribution in [2.24, 2.45) is 17.3 Å². The molecule has 36 heavy (non-hydrogen) atoms. The van der Waals surface area contributed by atoms with Gasteiger partial charge in [-0.15, -0.1) is 12.3 Å². The van der Waals surface area contributed by atoms with E-state index in [-0.39, 0.29) is 5.66 Å². The van der Waals surface area contributed by atoms with Crippen molar-refractivity contribution in [3.63, 3.8) is 0 Å². The van der Waals surface area contributed by atoms with Gasteiger partial charge >= 0.3 is 0 Å². The maximum absolute atomic E-state index is 6.48. The van der Waals surface area contributed by atoms with E-state index in [1.165, 1.54) is 22.5 Å². The van der Waals surface area contributed by atoms with Crippen molar-refractivity contribution in [3.8, 4) is 29.5 Å². The van der Waals surface area contributed by atoms with Gasteiger partial charge in [-0.3, -0.25) is 4.90 Å². The average molecular weight is 500 g/mol. The Balaban J connectivity index is 1.09. The monoisotopic (exact) mass is 499 g/mol. The zero-order valence-corrected chi connectivity index (χ0v) is 21.3. The molecule has 2 aliphatic heterocycles. The molecule has 0 unspecified atom stereocenters. The van der Waals surface area contributed by atoms with Crippen LogP contribution in [0.1, 0.15) is 41.8 Å². The van der Waals surface area contributed by atoms with Crippen molar-refractivity contribution >= 4 is 11.6 Å². The van der Waals surface area contributed by atoms with Crippen LogP contribution in [0.5, 0.6) is 5.75 Å². The molecule has 0 radical (unpaired) electrons. The molecule has 7 heteroatoms. The van der Waals surface area contributed by atoms with E-state index >= 15 is 0 Å². The highest BCUT2D eigenvalue weighted by Crippen LogP contribution is 2.37. The lowest BCUT2D eigenvalue weighted by Gasteiger charge is -2.32. The summed E-state index contributed by atoms with van der Waals surface area (Å²) in [7, 11) is 2.11. The van der Waals surface area contributed by atoms with Gasteiger partial charge in [0.1, 0.15) is 11.6 Å². The van der Waals surface area contributed by atoms with Gasteiger partial charge in [-0.05, 0) is 48.2 Å². The molecule has 1 aromatic heterocycles. The maximum Gasteiger partial charge on any atom is 0.195 e. The van der Waals surface area contributed by atoms with E-state index < -0.39 is 0 Å². The molecule has 0 fully saturated rings. The Morgan fingerprint density at radius 2 is 1.97 bits per heavy atom. The summed E-state index contributed by atoms with van der Waals surface area (Å²) in [6, 6.07) is 15.0. The number of halogens is 1. The van der Waals surface area contributed by atoms with E-state index in [0.29, 0.717) is 19.1 Å². The highest BCUT2D eigenvalue weighted by Gasteiger charge is 2.39. The SMILES string of the molecule is C#CCCC1(CCOc2ccc3c(c2)C[C@@H](N2CCc4nc(-c5ccccc5Cl)n(C)c4C2)C3)N=N1. The zero-order valence-electron chi connectivity index (χ0n) is 20.6. The van der Waals surface area contributed by atoms with Crippen LogP contribution in [0, 0.1) is 12.3 Å². The summed E-state index contributed by atoms with van der Waals surface area (Å²) < 4.78 is 8.30. The number of benzene rings is 2. The average Bonchev–Trinajstić information content (AvgIpc) is 3.40. The van der Waals surface area contributed by atoms with Gasteiger partial charge in [0.15, 0.2) is 5.66 Å². The first-order valence-electron chi connectivity index (χ1n) is 12.7. The highest BCUT2D eigenvalue weighted by molar-refractivity contribution is 6.33. The number of imidazole rings is 1. The lowest BCUT2D eigenvalue weighted by molar-refractivity contribution is 0.178. The first-order chi connectivity index (χ1) is 17.5. The van der Waals surface area contributed by atoms with E-state index in [2.05, 4.69) is 50.9 Å². The largest absolute Gasteiger partial charge is 0.493 e. The Kier molecular flexibility index (Phi) is 6.07. The molecule has 2 aromatic carbocycles. The first-order valence-corrected chi connectivity index (χ1v) is 13.1. The zero-order chi connectivity index (χ0) is 24.7. The molecule has 184 valence electrons. The molecule has 0 bridgehead atoms. The lowest BCUT2D eigenvalue weighted by Crippen LogP contribution is -2.40. The molecule has 3 aliphatic rings. The fourth-order valence-corrected chi connectivity index (χ4v) is 5.84. The van der Waals surface area contributed by atoms with Crippen LogP contribution in [0.4, 0.5) is 0 Å². The lowest BCUT2D eigenvalue weighted by atomic mass is 10.1. The number of hydrogen-bond acceptors (Lipinski definition) is 5. The minimum Gasteiger partial charge on any atom is -0.493 e. The summed E-state index contributed by atoms with van der Waals surface area (Å²) in [6.45, 7) is 2.54. The number of aromatic nitrogens is 2. The van der Waals surface area contributed by atoms with E-state index in [4.69, 9.17) is 27.7 Å². The summed E-state index contributed by atoms with van der Waals surface area (Å²) in [5, 5.41) is 9.14. The minimum absolute atomic E-state index is 0.293. The van der Waals surface area contributed by atoms with Gasteiger partial charge in [-0.2, -0.15) is 10.2 Å². The Morgan fingerprint density at radius 3 is 2.78 bits per heavy atom. The van der Waals surface area contributed by atoms with Crippen LogP contribution in [0.25, 0.3) is 11.4 Å². The molecule has 0 spiro atoms. The normalized spacial score (nSPS) is 19.5. The summed E-state index contributed by atoms with van der Waals surface area (Å²) >= 11 is 6.48. The molecule has 0 N–H and O–H groups in total. The second kappa shape index (κ2) is 9.38. The van der Waals surface area contributed by atoms with Crippen LogP contribution in [-0.2, 0) is 32.9 Å². The minimum atomic E-state index is -0.293. The van der Waals surface area contributed by atoms with Crippen molar-refractivity contribution in [1.29, 1.82) is 0 Å². The Hall–Kier alpha value is -3.14.